The molecular formula is C13H18N6. The number of piperidine rings is 1. The molecule has 3 rings (SSSR count). The number of anilines is 1. The highest BCUT2D eigenvalue weighted by atomic mass is 15.3. The maximum Gasteiger partial charge on any atom is 0.154 e. The minimum absolute atomic E-state index is 0.165. The van der Waals surface area contributed by atoms with Crippen LogP contribution < -0.4 is 10.6 Å². The molecule has 100 valence electrons. The van der Waals surface area contributed by atoms with Crippen molar-refractivity contribution < 1.29 is 0 Å². The highest BCUT2D eigenvalue weighted by Gasteiger charge is 2.33. The van der Waals surface area contributed by atoms with Crippen LogP contribution in [0.5, 0.6) is 0 Å². The predicted molar refractivity (Wildman–Crippen MR) is 74.5 cm³/mol. The van der Waals surface area contributed by atoms with Crippen LogP contribution in [0.15, 0.2) is 24.7 Å². The molecule has 6 heteroatoms. The first-order chi connectivity index (χ1) is 9.10. The van der Waals surface area contributed by atoms with Crippen LogP contribution in [0.3, 0.4) is 0 Å². The summed E-state index contributed by atoms with van der Waals surface area (Å²) in [6.07, 6.45) is 7.18. The van der Waals surface area contributed by atoms with Crippen LogP contribution in [0.25, 0.3) is 5.52 Å². The maximum absolute atomic E-state index is 7.69. The average Bonchev–Trinajstić information content (AvgIpc) is 2.87. The Hall–Kier alpha value is -2.11. The summed E-state index contributed by atoms with van der Waals surface area (Å²) in [7, 11) is 0. The molecule has 0 saturated carbocycles. The highest BCUT2D eigenvalue weighted by Crippen LogP contribution is 2.33. The second-order valence-electron chi connectivity index (χ2n) is 5.37. The van der Waals surface area contributed by atoms with E-state index >= 15 is 0 Å². The standard InChI is InChI=1S/C13H18N6/c1-13(12(14)15)3-7-18(8-4-13)11-10-2-5-17-19(10)9-6-16-11/h2,5-6,9H,3-4,7-8H2,1H3,(H3,14,15). The van der Waals surface area contributed by atoms with Gasteiger partial charge in [-0.3, -0.25) is 5.41 Å². The van der Waals surface area contributed by atoms with Gasteiger partial charge in [-0.1, -0.05) is 6.92 Å². The van der Waals surface area contributed by atoms with Crippen molar-refractivity contribution in [3.63, 3.8) is 0 Å². The monoisotopic (exact) mass is 258 g/mol. The summed E-state index contributed by atoms with van der Waals surface area (Å²) in [4.78, 5) is 6.73. The molecule has 1 aliphatic heterocycles. The van der Waals surface area contributed by atoms with E-state index in [0.29, 0.717) is 5.84 Å². The Morgan fingerprint density at radius 1 is 1.37 bits per heavy atom. The van der Waals surface area contributed by atoms with Crippen LogP contribution in [0.1, 0.15) is 19.8 Å². The van der Waals surface area contributed by atoms with Crippen LogP contribution in [-0.4, -0.2) is 33.5 Å². The third-order valence-electron chi connectivity index (χ3n) is 4.12. The topological polar surface area (TPSA) is 83.3 Å². The molecule has 0 radical (unpaired) electrons. The number of rotatable bonds is 2. The molecule has 6 nitrogen and oxygen atoms in total. The van der Waals surface area contributed by atoms with Crippen molar-refractivity contribution >= 4 is 17.2 Å². The fourth-order valence-electron chi connectivity index (χ4n) is 2.57. The lowest BCUT2D eigenvalue weighted by molar-refractivity contribution is 0.350. The minimum Gasteiger partial charge on any atom is -0.387 e. The van der Waals surface area contributed by atoms with Gasteiger partial charge in [0.2, 0.25) is 0 Å². The maximum atomic E-state index is 7.69. The lowest BCUT2D eigenvalue weighted by Crippen LogP contribution is -2.45. The third kappa shape index (κ3) is 1.93. The van der Waals surface area contributed by atoms with Crippen molar-refractivity contribution in [3.8, 4) is 0 Å². The zero-order valence-electron chi connectivity index (χ0n) is 11.0. The van der Waals surface area contributed by atoms with Crippen LogP contribution in [-0.2, 0) is 0 Å². The van der Waals surface area contributed by atoms with Gasteiger partial charge in [-0.2, -0.15) is 5.10 Å². The Morgan fingerprint density at radius 3 is 2.79 bits per heavy atom. The number of hydrogen-bond donors (Lipinski definition) is 2. The van der Waals surface area contributed by atoms with Crippen LogP contribution in [0.4, 0.5) is 5.82 Å². The number of nitrogens with two attached hydrogens (primary N) is 1. The quantitative estimate of drug-likeness (QED) is 0.627. The van der Waals surface area contributed by atoms with E-state index in [2.05, 4.69) is 21.9 Å². The van der Waals surface area contributed by atoms with Gasteiger partial charge in [0.15, 0.2) is 5.82 Å². The molecule has 0 amide bonds. The molecule has 2 aromatic heterocycles. The van der Waals surface area contributed by atoms with Crippen LogP contribution >= 0.6 is 0 Å². The molecule has 3 N–H and O–H groups in total. The summed E-state index contributed by atoms with van der Waals surface area (Å²) >= 11 is 0. The first kappa shape index (κ1) is 12.0. The summed E-state index contributed by atoms with van der Waals surface area (Å²) < 4.78 is 1.83. The van der Waals surface area contributed by atoms with E-state index in [-0.39, 0.29) is 5.41 Å². The summed E-state index contributed by atoms with van der Waals surface area (Å²) in [6, 6.07) is 1.97. The van der Waals surface area contributed by atoms with Crippen molar-refractivity contribution in [3.05, 3.63) is 24.7 Å². The van der Waals surface area contributed by atoms with E-state index in [1.165, 1.54) is 0 Å². The molecule has 0 bridgehead atoms. The fourth-order valence-corrected chi connectivity index (χ4v) is 2.57. The lowest BCUT2D eigenvalue weighted by atomic mass is 9.79. The lowest BCUT2D eigenvalue weighted by Gasteiger charge is -2.39. The van der Waals surface area contributed by atoms with Gasteiger partial charge >= 0.3 is 0 Å². The zero-order valence-corrected chi connectivity index (χ0v) is 11.0. The molecule has 19 heavy (non-hydrogen) atoms. The van der Waals surface area contributed by atoms with Gasteiger partial charge in [0.1, 0.15) is 5.52 Å². The average molecular weight is 258 g/mol. The SMILES string of the molecule is CC1(C(=N)N)CCN(c2nccn3nccc23)CC1. The summed E-state index contributed by atoms with van der Waals surface area (Å²) in [5.41, 5.74) is 6.55. The molecular weight excluding hydrogens is 240 g/mol. The Labute approximate surface area is 111 Å². The Morgan fingerprint density at radius 2 is 2.11 bits per heavy atom. The Kier molecular flexibility index (Phi) is 2.66. The van der Waals surface area contributed by atoms with E-state index in [9.17, 15) is 0 Å². The van der Waals surface area contributed by atoms with Gasteiger partial charge in [-0.15, -0.1) is 0 Å². The first-order valence-corrected chi connectivity index (χ1v) is 6.48. The second-order valence-corrected chi connectivity index (χ2v) is 5.37. The molecule has 0 unspecified atom stereocenters. The molecule has 3 heterocycles. The van der Waals surface area contributed by atoms with E-state index in [0.717, 1.165) is 37.3 Å². The molecule has 0 spiro atoms. The van der Waals surface area contributed by atoms with Gasteiger partial charge in [0.25, 0.3) is 0 Å². The Balaban J connectivity index is 1.86. The van der Waals surface area contributed by atoms with Crippen molar-refractivity contribution in [1.29, 1.82) is 5.41 Å². The van der Waals surface area contributed by atoms with Gasteiger partial charge in [0.05, 0.1) is 12.0 Å². The summed E-state index contributed by atoms with van der Waals surface area (Å²) in [5, 5.41) is 11.9. The number of hydrogen-bond acceptors (Lipinski definition) is 4. The fraction of sp³-hybridized carbons (Fsp3) is 0.462. The molecule has 0 aromatic carbocycles. The van der Waals surface area contributed by atoms with Gasteiger partial charge < -0.3 is 10.6 Å². The van der Waals surface area contributed by atoms with Crippen LogP contribution in [0, 0.1) is 10.8 Å². The first-order valence-electron chi connectivity index (χ1n) is 6.48. The van der Waals surface area contributed by atoms with E-state index < -0.39 is 0 Å². The molecule has 1 saturated heterocycles. The zero-order chi connectivity index (χ0) is 13.5. The third-order valence-corrected chi connectivity index (χ3v) is 4.12. The number of aromatic nitrogens is 3. The van der Waals surface area contributed by atoms with E-state index in [1.807, 2.05) is 16.8 Å². The smallest absolute Gasteiger partial charge is 0.154 e. The van der Waals surface area contributed by atoms with Gasteiger partial charge in [0, 0.05) is 30.9 Å². The number of fused-ring (bicyclic) bond motifs is 1. The van der Waals surface area contributed by atoms with Gasteiger partial charge in [-0.25, -0.2) is 9.50 Å². The van der Waals surface area contributed by atoms with E-state index in [1.54, 1.807) is 12.4 Å². The summed E-state index contributed by atoms with van der Waals surface area (Å²) in [5.74, 6) is 1.26. The van der Waals surface area contributed by atoms with Crippen molar-refractivity contribution in [2.45, 2.75) is 19.8 Å². The number of nitrogens with one attached hydrogen (secondary N) is 1. The molecule has 2 aromatic rings. The number of nitrogens with zero attached hydrogens (tertiary/aromatic N) is 4. The van der Waals surface area contributed by atoms with Gasteiger partial charge in [-0.05, 0) is 18.9 Å². The summed E-state index contributed by atoms with van der Waals surface area (Å²) in [6.45, 7) is 3.81. The van der Waals surface area contributed by atoms with Crippen molar-refractivity contribution in [2.75, 3.05) is 18.0 Å². The minimum atomic E-state index is -0.165. The molecule has 0 atom stereocenters. The second kappa shape index (κ2) is 4.22. The largest absolute Gasteiger partial charge is 0.387 e. The highest BCUT2D eigenvalue weighted by molar-refractivity contribution is 5.83. The Bertz CT molecular complexity index is 608. The predicted octanol–water partition coefficient (Wildman–Crippen LogP) is 1.27. The molecule has 0 aliphatic carbocycles. The van der Waals surface area contributed by atoms with Crippen molar-refractivity contribution in [2.24, 2.45) is 11.1 Å². The molecule has 1 fully saturated rings. The number of amidine groups is 1. The molecule has 1 aliphatic rings. The normalized spacial score (nSPS) is 18.7. The van der Waals surface area contributed by atoms with Crippen LogP contribution in [0.2, 0.25) is 0 Å². The van der Waals surface area contributed by atoms with Crippen molar-refractivity contribution in [1.82, 2.24) is 14.6 Å². The van der Waals surface area contributed by atoms with E-state index in [4.69, 9.17) is 11.1 Å².